The monoisotopic (exact) mass is 351 g/mol. The zero-order valence-corrected chi connectivity index (χ0v) is 15.4. The number of aromatic nitrogens is 5. The molecule has 0 aromatic carbocycles. The third-order valence-corrected chi connectivity index (χ3v) is 4.43. The smallest absolute Gasteiger partial charge is 0.339 e. The van der Waals surface area contributed by atoms with Crippen LogP contribution in [0.3, 0.4) is 0 Å². The Labute approximate surface area is 144 Å². The molecule has 2 aromatic rings. The average molecular weight is 351 g/mol. The summed E-state index contributed by atoms with van der Waals surface area (Å²) in [5.74, 6) is -0.415. The zero-order valence-electron chi connectivity index (χ0n) is 14.6. The summed E-state index contributed by atoms with van der Waals surface area (Å²) in [6.07, 6.45) is 0. The molecule has 2 heterocycles. The van der Waals surface area contributed by atoms with Crippen molar-refractivity contribution in [3.05, 3.63) is 22.5 Å². The van der Waals surface area contributed by atoms with Crippen LogP contribution in [-0.4, -0.2) is 49.8 Å². The first-order chi connectivity index (χ1) is 11.2. The van der Waals surface area contributed by atoms with Gasteiger partial charge in [-0.15, -0.1) is 5.10 Å². The molecule has 0 unspecified atom stereocenters. The SMILES string of the molecule is COC(=O)c1c(C)[nH]c(C(=O)CSc2nnnn2C(C)(C)C)c1C. The van der Waals surface area contributed by atoms with E-state index in [0.29, 0.717) is 27.7 Å². The minimum absolute atomic E-state index is 0.126. The van der Waals surface area contributed by atoms with Crippen LogP contribution >= 0.6 is 11.8 Å². The van der Waals surface area contributed by atoms with Gasteiger partial charge >= 0.3 is 5.97 Å². The molecule has 130 valence electrons. The fourth-order valence-electron chi connectivity index (χ4n) is 2.33. The highest BCUT2D eigenvalue weighted by Crippen LogP contribution is 2.24. The summed E-state index contributed by atoms with van der Waals surface area (Å²) in [6, 6.07) is 0. The third kappa shape index (κ3) is 3.50. The summed E-state index contributed by atoms with van der Waals surface area (Å²) in [5.41, 5.74) is 1.76. The lowest BCUT2D eigenvalue weighted by Gasteiger charge is -2.19. The zero-order chi connectivity index (χ0) is 18.1. The molecule has 0 aliphatic carbocycles. The van der Waals surface area contributed by atoms with Crippen LogP contribution in [0.1, 0.15) is 52.9 Å². The highest BCUT2D eigenvalue weighted by molar-refractivity contribution is 7.99. The van der Waals surface area contributed by atoms with Gasteiger partial charge in [-0.25, -0.2) is 9.48 Å². The van der Waals surface area contributed by atoms with Crippen LogP contribution in [0.15, 0.2) is 5.16 Å². The molecule has 0 amide bonds. The summed E-state index contributed by atoms with van der Waals surface area (Å²) < 4.78 is 6.44. The molecule has 2 rings (SSSR count). The van der Waals surface area contributed by atoms with Crippen molar-refractivity contribution in [2.75, 3.05) is 12.9 Å². The lowest BCUT2D eigenvalue weighted by atomic mass is 10.1. The number of nitrogens with zero attached hydrogens (tertiary/aromatic N) is 4. The fraction of sp³-hybridized carbons (Fsp3) is 0.533. The summed E-state index contributed by atoms with van der Waals surface area (Å²) in [4.78, 5) is 27.3. The van der Waals surface area contributed by atoms with Gasteiger partial charge in [0.05, 0.1) is 29.7 Å². The van der Waals surface area contributed by atoms with Crippen molar-refractivity contribution in [2.45, 2.75) is 45.3 Å². The molecular formula is C15H21N5O3S. The van der Waals surface area contributed by atoms with Crippen LogP contribution in [-0.2, 0) is 10.3 Å². The molecule has 0 saturated carbocycles. The molecule has 0 radical (unpaired) electrons. The van der Waals surface area contributed by atoms with Crippen molar-refractivity contribution in [1.82, 2.24) is 25.2 Å². The van der Waals surface area contributed by atoms with E-state index >= 15 is 0 Å². The van der Waals surface area contributed by atoms with Crippen LogP contribution < -0.4 is 0 Å². The number of tetrazole rings is 1. The largest absolute Gasteiger partial charge is 0.465 e. The number of ketones is 1. The van der Waals surface area contributed by atoms with Crippen molar-refractivity contribution in [2.24, 2.45) is 0 Å². The molecule has 0 aliphatic heterocycles. The van der Waals surface area contributed by atoms with Crippen molar-refractivity contribution >= 4 is 23.5 Å². The van der Waals surface area contributed by atoms with Crippen molar-refractivity contribution in [3.63, 3.8) is 0 Å². The van der Waals surface area contributed by atoms with Crippen molar-refractivity contribution < 1.29 is 14.3 Å². The van der Waals surface area contributed by atoms with Gasteiger partial charge in [0.1, 0.15) is 0 Å². The number of ether oxygens (including phenoxy) is 1. The fourth-order valence-corrected chi connectivity index (χ4v) is 3.26. The van der Waals surface area contributed by atoms with Crippen LogP contribution in [0, 0.1) is 13.8 Å². The van der Waals surface area contributed by atoms with Gasteiger partial charge in [-0.1, -0.05) is 11.8 Å². The summed E-state index contributed by atoms with van der Waals surface area (Å²) in [7, 11) is 1.32. The van der Waals surface area contributed by atoms with Gasteiger partial charge < -0.3 is 9.72 Å². The van der Waals surface area contributed by atoms with E-state index in [0.717, 1.165) is 0 Å². The third-order valence-electron chi connectivity index (χ3n) is 3.51. The molecule has 1 N–H and O–H groups in total. The van der Waals surface area contributed by atoms with Gasteiger partial charge in [0.2, 0.25) is 5.16 Å². The van der Waals surface area contributed by atoms with Gasteiger partial charge in [0, 0.05) is 5.69 Å². The quantitative estimate of drug-likeness (QED) is 0.500. The first kappa shape index (κ1) is 18.2. The van der Waals surface area contributed by atoms with Crippen LogP contribution in [0.4, 0.5) is 0 Å². The van der Waals surface area contributed by atoms with Crippen molar-refractivity contribution in [3.8, 4) is 0 Å². The molecule has 0 saturated heterocycles. The minimum atomic E-state index is -0.454. The Balaban J connectivity index is 2.18. The number of thioether (sulfide) groups is 1. The first-order valence-electron chi connectivity index (χ1n) is 7.39. The number of hydrogen-bond donors (Lipinski definition) is 1. The van der Waals surface area contributed by atoms with E-state index in [-0.39, 0.29) is 17.1 Å². The number of esters is 1. The first-order valence-corrected chi connectivity index (χ1v) is 8.37. The Kier molecular flexibility index (Phi) is 5.12. The highest BCUT2D eigenvalue weighted by Gasteiger charge is 2.24. The predicted molar refractivity (Wildman–Crippen MR) is 89.5 cm³/mol. The second kappa shape index (κ2) is 6.76. The second-order valence-electron chi connectivity index (χ2n) is 6.37. The average Bonchev–Trinajstić information content (AvgIpc) is 3.08. The van der Waals surface area contributed by atoms with E-state index in [2.05, 4.69) is 20.5 Å². The van der Waals surface area contributed by atoms with E-state index in [1.54, 1.807) is 18.5 Å². The maximum atomic E-state index is 12.5. The van der Waals surface area contributed by atoms with Gasteiger partial charge in [-0.2, -0.15) is 0 Å². The number of H-pyrrole nitrogens is 1. The maximum Gasteiger partial charge on any atom is 0.339 e. The molecule has 0 fully saturated rings. The lowest BCUT2D eigenvalue weighted by Crippen LogP contribution is -2.24. The Morgan fingerprint density at radius 3 is 2.54 bits per heavy atom. The maximum absolute atomic E-state index is 12.5. The summed E-state index contributed by atoms with van der Waals surface area (Å²) >= 11 is 1.26. The molecule has 0 spiro atoms. The summed E-state index contributed by atoms with van der Waals surface area (Å²) in [6.45, 7) is 9.42. The number of carbonyl (C=O) groups excluding carboxylic acids is 2. The van der Waals surface area contributed by atoms with E-state index < -0.39 is 5.97 Å². The second-order valence-corrected chi connectivity index (χ2v) is 7.32. The molecule has 8 nitrogen and oxygen atoms in total. The predicted octanol–water partition coefficient (Wildman–Crippen LogP) is 2.13. The van der Waals surface area contributed by atoms with Crippen LogP contribution in [0.25, 0.3) is 0 Å². The lowest BCUT2D eigenvalue weighted by molar-refractivity contribution is 0.0599. The highest BCUT2D eigenvalue weighted by atomic mass is 32.2. The Morgan fingerprint density at radius 1 is 1.29 bits per heavy atom. The molecule has 2 aromatic heterocycles. The van der Waals surface area contributed by atoms with Gasteiger partial charge in [-0.3, -0.25) is 4.79 Å². The standard InChI is InChI=1S/C15H21N5O3S/c1-8-11(13(22)23-6)9(2)16-12(8)10(21)7-24-14-17-18-19-20(14)15(3,4)5/h16H,7H2,1-6H3. The molecular weight excluding hydrogens is 330 g/mol. The number of carbonyl (C=O) groups is 2. The molecule has 0 atom stereocenters. The molecule has 0 bridgehead atoms. The topological polar surface area (TPSA) is 103 Å². The molecule has 9 heteroatoms. The number of nitrogens with one attached hydrogen (secondary N) is 1. The number of aromatic amines is 1. The van der Waals surface area contributed by atoms with Crippen LogP contribution in [0.2, 0.25) is 0 Å². The molecule has 0 aliphatic rings. The Hall–Kier alpha value is -2.16. The normalized spacial score (nSPS) is 11.6. The van der Waals surface area contributed by atoms with Crippen molar-refractivity contribution in [1.29, 1.82) is 0 Å². The number of rotatable bonds is 5. The van der Waals surface area contributed by atoms with E-state index in [9.17, 15) is 9.59 Å². The van der Waals surface area contributed by atoms with E-state index in [4.69, 9.17) is 4.74 Å². The number of Topliss-reactive ketones (excluding diaryl/α,β-unsaturated/α-hetero) is 1. The number of hydrogen-bond acceptors (Lipinski definition) is 7. The van der Waals surface area contributed by atoms with E-state index in [1.807, 2.05) is 20.8 Å². The minimum Gasteiger partial charge on any atom is -0.465 e. The van der Waals surface area contributed by atoms with E-state index in [1.165, 1.54) is 18.9 Å². The van der Waals surface area contributed by atoms with Gasteiger partial charge in [0.25, 0.3) is 0 Å². The Morgan fingerprint density at radius 2 is 1.96 bits per heavy atom. The van der Waals surface area contributed by atoms with Gasteiger partial charge in [0.15, 0.2) is 5.78 Å². The summed E-state index contributed by atoms with van der Waals surface area (Å²) in [5, 5.41) is 12.2. The number of aryl methyl sites for hydroxylation is 1. The Bertz CT molecular complexity index is 773. The number of methoxy groups -OCH3 is 1. The van der Waals surface area contributed by atoms with Gasteiger partial charge in [-0.05, 0) is 50.6 Å². The van der Waals surface area contributed by atoms with Crippen LogP contribution in [0.5, 0.6) is 0 Å². The molecule has 24 heavy (non-hydrogen) atoms.